The Morgan fingerprint density at radius 3 is 2.42 bits per heavy atom. The van der Waals surface area contributed by atoms with Crippen LogP contribution in [-0.2, 0) is 6.54 Å². The Kier molecular flexibility index (Phi) is 5.36. The van der Waals surface area contributed by atoms with Crippen molar-refractivity contribution in [3.8, 4) is 5.75 Å². The second-order valence-electron chi connectivity index (χ2n) is 7.25. The monoisotopic (exact) mass is 264 g/mol. The summed E-state index contributed by atoms with van der Waals surface area (Å²) in [6.45, 7) is 14.6. The maximum absolute atomic E-state index is 5.79. The number of nitrogens with one attached hydrogen (secondary N) is 1. The molecule has 0 atom stereocenters. The van der Waals surface area contributed by atoms with E-state index in [1.807, 2.05) is 18.3 Å². The third-order valence-corrected chi connectivity index (χ3v) is 2.71. The van der Waals surface area contributed by atoms with Crippen molar-refractivity contribution in [2.45, 2.75) is 60.0 Å². The summed E-state index contributed by atoms with van der Waals surface area (Å²) in [5, 5.41) is 3.43. The van der Waals surface area contributed by atoms with Crippen LogP contribution in [0.1, 0.15) is 53.7 Å². The molecule has 0 aromatic carbocycles. The van der Waals surface area contributed by atoms with E-state index in [2.05, 4.69) is 51.8 Å². The van der Waals surface area contributed by atoms with Gasteiger partial charge < -0.3 is 10.1 Å². The average Bonchev–Trinajstić information content (AvgIpc) is 2.24. The number of nitrogens with zero attached hydrogens (tertiary/aromatic N) is 1. The summed E-state index contributed by atoms with van der Waals surface area (Å²) in [6, 6.07) is 3.94. The molecule has 0 aliphatic rings. The molecule has 19 heavy (non-hydrogen) atoms. The van der Waals surface area contributed by atoms with Crippen LogP contribution in [0.5, 0.6) is 5.75 Å². The lowest BCUT2D eigenvalue weighted by Gasteiger charge is -2.20. The second kappa shape index (κ2) is 6.38. The van der Waals surface area contributed by atoms with Gasteiger partial charge in [0, 0.05) is 24.3 Å². The minimum atomic E-state index is 0.102. The van der Waals surface area contributed by atoms with E-state index in [1.165, 1.54) is 0 Å². The van der Waals surface area contributed by atoms with Crippen molar-refractivity contribution in [2.24, 2.45) is 5.41 Å². The molecule has 108 valence electrons. The molecule has 0 bridgehead atoms. The Bertz CT molecular complexity index is 388. The zero-order chi connectivity index (χ0) is 14.5. The van der Waals surface area contributed by atoms with Gasteiger partial charge in [-0.1, -0.05) is 20.8 Å². The van der Waals surface area contributed by atoms with Gasteiger partial charge >= 0.3 is 0 Å². The predicted octanol–water partition coefficient (Wildman–Crippen LogP) is 3.78. The lowest BCUT2D eigenvalue weighted by molar-refractivity contribution is 0.242. The molecule has 3 heteroatoms. The number of rotatable bonds is 5. The van der Waals surface area contributed by atoms with Gasteiger partial charge in [-0.05, 0) is 38.7 Å². The lowest BCUT2D eigenvalue weighted by atomic mass is 9.93. The molecule has 0 spiro atoms. The average molecular weight is 264 g/mol. The van der Waals surface area contributed by atoms with Crippen LogP contribution >= 0.6 is 0 Å². The fourth-order valence-corrected chi connectivity index (χ4v) is 1.47. The van der Waals surface area contributed by atoms with Gasteiger partial charge in [-0.25, -0.2) is 0 Å². The normalized spacial score (nSPS) is 12.5. The van der Waals surface area contributed by atoms with E-state index >= 15 is 0 Å². The lowest BCUT2D eigenvalue weighted by Crippen LogP contribution is -2.35. The topological polar surface area (TPSA) is 34.1 Å². The Morgan fingerprint density at radius 2 is 1.84 bits per heavy atom. The fourth-order valence-electron chi connectivity index (χ4n) is 1.47. The highest BCUT2D eigenvalue weighted by Crippen LogP contribution is 2.19. The highest BCUT2D eigenvalue weighted by atomic mass is 16.5. The molecule has 1 aromatic heterocycles. The Balaban J connectivity index is 2.48. The minimum absolute atomic E-state index is 0.102. The van der Waals surface area contributed by atoms with Crippen LogP contribution < -0.4 is 10.1 Å². The third kappa shape index (κ3) is 7.83. The molecule has 1 rings (SSSR count). The van der Waals surface area contributed by atoms with Crippen LogP contribution in [0.15, 0.2) is 18.3 Å². The van der Waals surface area contributed by atoms with Crippen molar-refractivity contribution in [3.63, 3.8) is 0 Å². The highest BCUT2D eigenvalue weighted by molar-refractivity contribution is 5.22. The summed E-state index contributed by atoms with van der Waals surface area (Å²) in [7, 11) is 0. The molecule has 0 fully saturated rings. The summed E-state index contributed by atoms with van der Waals surface area (Å²) >= 11 is 0. The SMILES string of the molecule is CC(C)(C)CCOc1ccnc(CNC(C)(C)C)c1. The van der Waals surface area contributed by atoms with E-state index in [0.29, 0.717) is 5.41 Å². The maximum Gasteiger partial charge on any atom is 0.122 e. The van der Waals surface area contributed by atoms with Gasteiger partial charge in [-0.2, -0.15) is 0 Å². The molecule has 3 nitrogen and oxygen atoms in total. The van der Waals surface area contributed by atoms with Crippen LogP contribution in [0.4, 0.5) is 0 Å². The van der Waals surface area contributed by atoms with E-state index < -0.39 is 0 Å². The maximum atomic E-state index is 5.79. The van der Waals surface area contributed by atoms with Crippen LogP contribution in [0.25, 0.3) is 0 Å². The molecular formula is C16H28N2O. The molecule has 0 saturated carbocycles. The molecule has 0 saturated heterocycles. The zero-order valence-electron chi connectivity index (χ0n) is 13.2. The van der Waals surface area contributed by atoms with Crippen molar-refractivity contribution < 1.29 is 4.74 Å². The number of hydrogen-bond acceptors (Lipinski definition) is 3. The largest absolute Gasteiger partial charge is 0.493 e. The minimum Gasteiger partial charge on any atom is -0.493 e. The van der Waals surface area contributed by atoms with Crippen molar-refractivity contribution in [3.05, 3.63) is 24.0 Å². The van der Waals surface area contributed by atoms with Gasteiger partial charge in [0.1, 0.15) is 5.75 Å². The number of pyridine rings is 1. The second-order valence-corrected chi connectivity index (χ2v) is 7.25. The van der Waals surface area contributed by atoms with Crippen molar-refractivity contribution in [2.75, 3.05) is 6.61 Å². The van der Waals surface area contributed by atoms with E-state index in [0.717, 1.165) is 31.0 Å². The molecule has 0 aliphatic carbocycles. The highest BCUT2D eigenvalue weighted by Gasteiger charge is 2.11. The standard InChI is InChI=1S/C16H28N2O/c1-15(2,3)8-10-19-14-7-9-17-13(11-14)12-18-16(4,5)6/h7,9,11,18H,8,10,12H2,1-6H3. The molecule has 1 aromatic rings. The van der Waals surface area contributed by atoms with E-state index in [4.69, 9.17) is 4.74 Å². The zero-order valence-corrected chi connectivity index (χ0v) is 13.2. The first-order chi connectivity index (χ1) is 8.66. The summed E-state index contributed by atoms with van der Waals surface area (Å²) in [5.41, 5.74) is 1.43. The molecule has 0 amide bonds. The molecular weight excluding hydrogens is 236 g/mol. The quantitative estimate of drug-likeness (QED) is 0.878. The third-order valence-electron chi connectivity index (χ3n) is 2.71. The molecule has 1 N–H and O–H groups in total. The number of aromatic nitrogens is 1. The van der Waals surface area contributed by atoms with Crippen molar-refractivity contribution in [1.82, 2.24) is 10.3 Å². The predicted molar refractivity (Wildman–Crippen MR) is 80.4 cm³/mol. The number of hydrogen-bond donors (Lipinski definition) is 1. The van der Waals surface area contributed by atoms with Crippen LogP contribution in [0.2, 0.25) is 0 Å². The first kappa shape index (κ1) is 16.0. The van der Waals surface area contributed by atoms with Crippen molar-refractivity contribution >= 4 is 0 Å². The Labute approximate surface area is 117 Å². The molecule has 0 radical (unpaired) electrons. The summed E-state index contributed by atoms with van der Waals surface area (Å²) in [5.74, 6) is 0.907. The summed E-state index contributed by atoms with van der Waals surface area (Å²) in [6.07, 6.45) is 2.86. The van der Waals surface area contributed by atoms with E-state index in [9.17, 15) is 0 Å². The van der Waals surface area contributed by atoms with Crippen LogP contribution in [0, 0.1) is 5.41 Å². The molecule has 0 unspecified atom stereocenters. The Hall–Kier alpha value is -1.09. The smallest absolute Gasteiger partial charge is 0.122 e. The van der Waals surface area contributed by atoms with Gasteiger partial charge in [0.05, 0.1) is 12.3 Å². The fraction of sp³-hybridized carbons (Fsp3) is 0.688. The summed E-state index contributed by atoms with van der Waals surface area (Å²) in [4.78, 5) is 4.36. The van der Waals surface area contributed by atoms with Gasteiger partial charge in [-0.15, -0.1) is 0 Å². The van der Waals surface area contributed by atoms with Crippen LogP contribution in [0.3, 0.4) is 0 Å². The first-order valence-corrected chi connectivity index (χ1v) is 6.98. The van der Waals surface area contributed by atoms with Gasteiger partial charge in [0.2, 0.25) is 0 Å². The number of ether oxygens (including phenoxy) is 1. The van der Waals surface area contributed by atoms with Crippen molar-refractivity contribution in [1.29, 1.82) is 0 Å². The first-order valence-electron chi connectivity index (χ1n) is 6.98. The summed E-state index contributed by atoms with van der Waals surface area (Å²) < 4.78 is 5.79. The molecule has 0 aliphatic heterocycles. The van der Waals surface area contributed by atoms with Gasteiger partial charge in [-0.3, -0.25) is 4.98 Å². The van der Waals surface area contributed by atoms with Gasteiger partial charge in [0.15, 0.2) is 0 Å². The van der Waals surface area contributed by atoms with E-state index in [1.54, 1.807) is 0 Å². The van der Waals surface area contributed by atoms with Crippen LogP contribution in [-0.4, -0.2) is 17.1 Å². The molecule has 1 heterocycles. The van der Waals surface area contributed by atoms with E-state index in [-0.39, 0.29) is 5.54 Å². The van der Waals surface area contributed by atoms with Gasteiger partial charge in [0.25, 0.3) is 0 Å². The Morgan fingerprint density at radius 1 is 1.16 bits per heavy atom.